The molecule has 0 aliphatic heterocycles. The Morgan fingerprint density at radius 3 is 2.12 bits per heavy atom. The molecule has 0 saturated heterocycles. The van der Waals surface area contributed by atoms with Crippen molar-refractivity contribution in [1.82, 2.24) is 4.90 Å². The van der Waals surface area contributed by atoms with Gasteiger partial charge in [0, 0.05) is 18.6 Å². The van der Waals surface area contributed by atoms with Crippen molar-refractivity contribution in [3.63, 3.8) is 0 Å². The van der Waals surface area contributed by atoms with E-state index in [1.165, 1.54) is 19.3 Å². The van der Waals surface area contributed by atoms with Gasteiger partial charge in [-0.2, -0.15) is 0 Å². The van der Waals surface area contributed by atoms with Crippen LogP contribution in [-0.4, -0.2) is 28.5 Å². The van der Waals surface area contributed by atoms with Crippen molar-refractivity contribution in [2.24, 2.45) is 17.6 Å². The highest BCUT2D eigenvalue weighted by Gasteiger charge is 2.29. The van der Waals surface area contributed by atoms with Crippen LogP contribution in [0.25, 0.3) is 0 Å². The van der Waals surface area contributed by atoms with Crippen LogP contribution < -0.4 is 5.73 Å². The lowest BCUT2D eigenvalue weighted by atomic mass is 9.79. The molecule has 0 amide bonds. The van der Waals surface area contributed by atoms with Crippen LogP contribution in [0.3, 0.4) is 0 Å². The Morgan fingerprint density at radius 2 is 1.75 bits per heavy atom. The lowest BCUT2D eigenvalue weighted by molar-refractivity contribution is 0.0984. The van der Waals surface area contributed by atoms with Crippen molar-refractivity contribution in [2.45, 2.75) is 59.0 Å². The first-order valence-corrected chi connectivity index (χ1v) is 6.85. The Balaban J connectivity index is 2.65. The first-order chi connectivity index (χ1) is 7.40. The van der Waals surface area contributed by atoms with Crippen LogP contribution in [0.5, 0.6) is 0 Å². The molecule has 0 aromatic carbocycles. The number of hydrogen-bond acceptors (Lipinski definition) is 2. The van der Waals surface area contributed by atoms with Crippen molar-refractivity contribution in [3.05, 3.63) is 0 Å². The van der Waals surface area contributed by atoms with Gasteiger partial charge in [-0.25, -0.2) is 0 Å². The maximum Gasteiger partial charge on any atom is 0.0870 e. The molecule has 0 bridgehead atoms. The summed E-state index contributed by atoms with van der Waals surface area (Å²) in [7, 11) is 0. The van der Waals surface area contributed by atoms with Crippen molar-refractivity contribution in [3.8, 4) is 0 Å². The summed E-state index contributed by atoms with van der Waals surface area (Å²) in [6.45, 7) is 9.98. The Bertz CT molecular complexity index is 230. The Morgan fingerprint density at radius 1 is 1.25 bits per heavy atom. The van der Waals surface area contributed by atoms with Crippen molar-refractivity contribution >= 4 is 17.2 Å². The second-order valence-electron chi connectivity index (χ2n) is 5.80. The van der Waals surface area contributed by atoms with Gasteiger partial charge in [-0.3, -0.25) is 4.90 Å². The van der Waals surface area contributed by atoms with Crippen LogP contribution in [0.1, 0.15) is 47.0 Å². The summed E-state index contributed by atoms with van der Waals surface area (Å²) in [5, 5.41) is 0. The van der Waals surface area contributed by atoms with Gasteiger partial charge in [0.15, 0.2) is 0 Å². The molecule has 2 N–H and O–H groups in total. The Kier molecular flexibility index (Phi) is 5.19. The highest BCUT2D eigenvalue weighted by molar-refractivity contribution is 7.80. The fourth-order valence-electron chi connectivity index (χ4n) is 3.09. The quantitative estimate of drug-likeness (QED) is 0.769. The van der Waals surface area contributed by atoms with Crippen molar-refractivity contribution in [2.75, 3.05) is 6.54 Å². The summed E-state index contributed by atoms with van der Waals surface area (Å²) in [4.78, 5) is 3.11. The largest absolute Gasteiger partial charge is 0.392 e. The lowest BCUT2D eigenvalue weighted by Crippen LogP contribution is -2.47. The molecule has 0 heterocycles. The summed E-state index contributed by atoms with van der Waals surface area (Å²) >= 11 is 5.06. The first kappa shape index (κ1) is 13.9. The summed E-state index contributed by atoms with van der Waals surface area (Å²) in [5.41, 5.74) is 5.70. The SMILES string of the molecule is CC1CC(C)CC(N(CC(N)=S)C(C)C)C1. The van der Waals surface area contributed by atoms with E-state index in [2.05, 4.69) is 32.6 Å². The maximum atomic E-state index is 5.70. The van der Waals surface area contributed by atoms with Gasteiger partial charge >= 0.3 is 0 Å². The molecule has 3 heteroatoms. The van der Waals surface area contributed by atoms with E-state index in [4.69, 9.17) is 18.0 Å². The van der Waals surface area contributed by atoms with E-state index in [9.17, 15) is 0 Å². The molecule has 1 aliphatic rings. The van der Waals surface area contributed by atoms with Gasteiger partial charge in [0.2, 0.25) is 0 Å². The molecular formula is C13H26N2S. The standard InChI is InChI=1S/C13H26N2S/c1-9(2)15(8-13(14)16)12-6-10(3)5-11(4)7-12/h9-12H,5-8H2,1-4H3,(H2,14,16). The predicted octanol–water partition coefficient (Wildman–Crippen LogP) is 2.81. The van der Waals surface area contributed by atoms with Crippen molar-refractivity contribution < 1.29 is 0 Å². The average Bonchev–Trinajstić information content (AvgIpc) is 2.11. The van der Waals surface area contributed by atoms with Crippen LogP contribution in [0, 0.1) is 11.8 Å². The normalized spacial score (nSPS) is 31.0. The Labute approximate surface area is 106 Å². The van der Waals surface area contributed by atoms with E-state index in [0.29, 0.717) is 17.1 Å². The molecule has 0 spiro atoms. The zero-order valence-corrected chi connectivity index (χ0v) is 11.9. The van der Waals surface area contributed by atoms with Gasteiger partial charge in [-0.05, 0) is 44.9 Å². The summed E-state index contributed by atoms with van der Waals surface area (Å²) in [5.74, 6) is 1.67. The van der Waals surface area contributed by atoms with E-state index in [1.807, 2.05) is 0 Å². The molecule has 0 radical (unpaired) electrons. The smallest absolute Gasteiger partial charge is 0.0870 e. The van der Waals surface area contributed by atoms with Crippen LogP contribution in [0.2, 0.25) is 0 Å². The molecule has 2 unspecified atom stereocenters. The number of thiocarbonyl (C=S) groups is 1. The van der Waals surface area contributed by atoms with Gasteiger partial charge in [-0.15, -0.1) is 0 Å². The molecule has 16 heavy (non-hydrogen) atoms. The number of nitrogens with zero attached hydrogens (tertiary/aromatic N) is 1. The van der Waals surface area contributed by atoms with E-state index in [0.717, 1.165) is 18.4 Å². The van der Waals surface area contributed by atoms with Crippen molar-refractivity contribution in [1.29, 1.82) is 0 Å². The van der Waals surface area contributed by atoms with E-state index < -0.39 is 0 Å². The van der Waals surface area contributed by atoms with Gasteiger partial charge in [0.25, 0.3) is 0 Å². The minimum atomic E-state index is 0.531. The summed E-state index contributed by atoms with van der Waals surface area (Å²) in [6, 6.07) is 1.20. The number of hydrogen-bond donors (Lipinski definition) is 1. The molecule has 2 atom stereocenters. The molecule has 1 aliphatic carbocycles. The number of nitrogens with two attached hydrogens (primary N) is 1. The fourth-order valence-corrected chi connectivity index (χ4v) is 3.24. The Hall–Kier alpha value is -0.150. The monoisotopic (exact) mass is 242 g/mol. The third kappa shape index (κ3) is 4.02. The molecule has 94 valence electrons. The summed E-state index contributed by atoms with van der Waals surface area (Å²) in [6.07, 6.45) is 3.96. The third-order valence-corrected chi connectivity index (χ3v) is 3.75. The van der Waals surface area contributed by atoms with Gasteiger partial charge < -0.3 is 5.73 Å². The van der Waals surface area contributed by atoms with Gasteiger partial charge in [-0.1, -0.05) is 26.1 Å². The zero-order chi connectivity index (χ0) is 12.3. The maximum absolute atomic E-state index is 5.70. The van der Waals surface area contributed by atoms with Gasteiger partial charge in [0.1, 0.15) is 0 Å². The first-order valence-electron chi connectivity index (χ1n) is 6.44. The van der Waals surface area contributed by atoms with Crippen LogP contribution in [0.4, 0.5) is 0 Å². The topological polar surface area (TPSA) is 29.3 Å². The highest BCUT2D eigenvalue weighted by Crippen LogP contribution is 2.32. The molecule has 0 aromatic heterocycles. The number of rotatable bonds is 4. The van der Waals surface area contributed by atoms with Crippen LogP contribution in [0.15, 0.2) is 0 Å². The summed E-state index contributed by atoms with van der Waals surface area (Å²) < 4.78 is 0. The zero-order valence-electron chi connectivity index (χ0n) is 11.1. The van der Waals surface area contributed by atoms with E-state index in [-0.39, 0.29) is 0 Å². The van der Waals surface area contributed by atoms with E-state index in [1.54, 1.807) is 0 Å². The minimum Gasteiger partial charge on any atom is -0.392 e. The predicted molar refractivity (Wildman–Crippen MR) is 74.6 cm³/mol. The second kappa shape index (κ2) is 5.97. The lowest BCUT2D eigenvalue weighted by Gasteiger charge is -2.41. The fraction of sp³-hybridized carbons (Fsp3) is 0.923. The van der Waals surface area contributed by atoms with Crippen LogP contribution >= 0.6 is 12.2 Å². The second-order valence-corrected chi connectivity index (χ2v) is 6.33. The molecule has 2 nitrogen and oxygen atoms in total. The van der Waals surface area contributed by atoms with Gasteiger partial charge in [0.05, 0.1) is 4.99 Å². The average molecular weight is 242 g/mol. The molecule has 1 saturated carbocycles. The molecule has 1 rings (SSSR count). The van der Waals surface area contributed by atoms with E-state index >= 15 is 0 Å². The minimum absolute atomic E-state index is 0.531. The molecule has 1 fully saturated rings. The van der Waals surface area contributed by atoms with Crippen LogP contribution in [-0.2, 0) is 0 Å². The molecular weight excluding hydrogens is 216 g/mol. The molecule has 0 aromatic rings. The third-order valence-electron chi connectivity index (χ3n) is 3.62. The highest BCUT2D eigenvalue weighted by atomic mass is 32.1.